The third kappa shape index (κ3) is 8.50. The molecule has 0 fully saturated rings. The van der Waals surface area contributed by atoms with Crippen LogP contribution in [0.5, 0.6) is 0 Å². The summed E-state index contributed by atoms with van der Waals surface area (Å²) in [5, 5.41) is 12.6. The molecular weight excluding hydrogens is 420 g/mol. The summed E-state index contributed by atoms with van der Waals surface area (Å²) in [4.78, 5) is 39.1. The van der Waals surface area contributed by atoms with E-state index < -0.39 is 5.92 Å². The second kappa shape index (κ2) is 14.3. The zero-order chi connectivity index (χ0) is 24.1. The third-order valence-electron chi connectivity index (χ3n) is 5.83. The number of allylic oxidation sites excluding steroid dienone is 2. The van der Waals surface area contributed by atoms with Gasteiger partial charge in [0.05, 0.1) is 25.1 Å². The van der Waals surface area contributed by atoms with Crippen molar-refractivity contribution in [3.8, 4) is 0 Å². The van der Waals surface area contributed by atoms with E-state index in [4.69, 9.17) is 4.74 Å². The summed E-state index contributed by atoms with van der Waals surface area (Å²) < 4.78 is 5.15. The number of aliphatic hydroxyl groups excluding tert-OH is 1. The Hall–Kier alpha value is -2.93. The maximum atomic E-state index is 13.1. The number of hydrogen-bond donors (Lipinski definition) is 2. The van der Waals surface area contributed by atoms with E-state index in [0.29, 0.717) is 25.8 Å². The molecule has 0 aromatic heterocycles. The van der Waals surface area contributed by atoms with Gasteiger partial charge in [-0.25, -0.2) is 0 Å². The SMILES string of the molecule is C=CCCCCC(=O)OCCNC(=O)[C@H](CC=C)CC(=O)N1Cc2ccccc2C[C@H]1CO. The van der Waals surface area contributed by atoms with E-state index in [1.54, 1.807) is 11.0 Å². The minimum absolute atomic E-state index is 0.0274. The van der Waals surface area contributed by atoms with E-state index in [1.165, 1.54) is 0 Å². The van der Waals surface area contributed by atoms with Crippen LogP contribution in [0, 0.1) is 5.92 Å². The summed E-state index contributed by atoms with van der Waals surface area (Å²) in [6, 6.07) is 7.59. The minimum atomic E-state index is -0.568. The predicted octanol–water partition coefficient (Wildman–Crippen LogP) is 2.92. The van der Waals surface area contributed by atoms with Crippen molar-refractivity contribution in [1.82, 2.24) is 10.2 Å². The van der Waals surface area contributed by atoms with Gasteiger partial charge in [-0.3, -0.25) is 14.4 Å². The first kappa shape index (κ1) is 26.3. The molecule has 0 aliphatic carbocycles. The van der Waals surface area contributed by atoms with Crippen LogP contribution in [0.3, 0.4) is 0 Å². The monoisotopic (exact) mass is 456 g/mol. The first-order valence-electron chi connectivity index (χ1n) is 11.6. The van der Waals surface area contributed by atoms with Crippen molar-refractivity contribution in [2.45, 2.75) is 57.5 Å². The molecule has 0 saturated heterocycles. The molecule has 1 aromatic carbocycles. The zero-order valence-corrected chi connectivity index (χ0v) is 19.3. The Labute approximate surface area is 196 Å². The lowest BCUT2D eigenvalue weighted by molar-refractivity contribution is -0.144. The van der Waals surface area contributed by atoms with Crippen LogP contribution in [-0.2, 0) is 32.1 Å². The molecule has 0 radical (unpaired) electrons. The van der Waals surface area contributed by atoms with Crippen molar-refractivity contribution in [3.05, 3.63) is 60.7 Å². The largest absolute Gasteiger partial charge is 0.464 e. The number of unbranched alkanes of at least 4 members (excludes halogenated alkanes) is 2. The van der Waals surface area contributed by atoms with Crippen LogP contribution in [-0.4, -0.2) is 53.6 Å². The van der Waals surface area contributed by atoms with Gasteiger partial charge in [0.2, 0.25) is 11.8 Å². The van der Waals surface area contributed by atoms with E-state index in [1.807, 2.05) is 30.3 Å². The molecule has 7 heteroatoms. The number of carbonyl (C=O) groups excluding carboxylic acids is 3. The molecule has 33 heavy (non-hydrogen) atoms. The summed E-state index contributed by atoms with van der Waals surface area (Å²) in [6.07, 6.45) is 7.28. The molecule has 180 valence electrons. The number of carbonyl (C=O) groups is 3. The summed E-state index contributed by atoms with van der Waals surface area (Å²) in [6.45, 7) is 7.93. The van der Waals surface area contributed by atoms with Gasteiger partial charge in [0.1, 0.15) is 6.61 Å². The van der Waals surface area contributed by atoms with Crippen LogP contribution in [0.4, 0.5) is 0 Å². The maximum absolute atomic E-state index is 13.1. The van der Waals surface area contributed by atoms with Crippen LogP contribution >= 0.6 is 0 Å². The lowest BCUT2D eigenvalue weighted by Crippen LogP contribution is -2.47. The average Bonchev–Trinajstić information content (AvgIpc) is 2.83. The van der Waals surface area contributed by atoms with Gasteiger partial charge in [0.25, 0.3) is 0 Å². The predicted molar refractivity (Wildman–Crippen MR) is 127 cm³/mol. The molecule has 1 aliphatic rings. The van der Waals surface area contributed by atoms with Crippen molar-refractivity contribution in [2.24, 2.45) is 5.92 Å². The Morgan fingerprint density at radius 2 is 1.94 bits per heavy atom. The molecule has 1 heterocycles. The van der Waals surface area contributed by atoms with Gasteiger partial charge in [-0.15, -0.1) is 13.2 Å². The molecular formula is C26H36N2O5. The van der Waals surface area contributed by atoms with Crippen LogP contribution < -0.4 is 5.32 Å². The number of nitrogens with zero attached hydrogens (tertiary/aromatic N) is 1. The molecule has 0 spiro atoms. The van der Waals surface area contributed by atoms with Crippen molar-refractivity contribution >= 4 is 17.8 Å². The third-order valence-corrected chi connectivity index (χ3v) is 5.83. The molecule has 2 amide bonds. The highest BCUT2D eigenvalue weighted by Crippen LogP contribution is 2.25. The van der Waals surface area contributed by atoms with Gasteiger partial charge in [-0.1, -0.05) is 36.4 Å². The highest BCUT2D eigenvalue weighted by Gasteiger charge is 2.31. The highest BCUT2D eigenvalue weighted by molar-refractivity contribution is 5.86. The minimum Gasteiger partial charge on any atom is -0.464 e. The number of ether oxygens (including phenoxy) is 1. The van der Waals surface area contributed by atoms with Crippen molar-refractivity contribution in [3.63, 3.8) is 0 Å². The lowest BCUT2D eigenvalue weighted by Gasteiger charge is -2.36. The number of aliphatic hydroxyl groups is 1. The fourth-order valence-electron chi connectivity index (χ4n) is 3.97. The van der Waals surface area contributed by atoms with Gasteiger partial charge in [0, 0.05) is 19.4 Å². The summed E-state index contributed by atoms with van der Waals surface area (Å²) in [5.74, 6) is -1.30. The number of fused-ring (bicyclic) bond motifs is 1. The second-order valence-electron chi connectivity index (χ2n) is 8.30. The molecule has 1 aromatic rings. The fraction of sp³-hybridized carbons (Fsp3) is 0.500. The molecule has 0 unspecified atom stereocenters. The van der Waals surface area contributed by atoms with E-state index >= 15 is 0 Å². The Morgan fingerprint density at radius 3 is 2.64 bits per heavy atom. The van der Waals surface area contributed by atoms with Gasteiger partial charge in [-0.05, 0) is 43.2 Å². The Bertz CT molecular complexity index is 823. The van der Waals surface area contributed by atoms with E-state index in [-0.39, 0.29) is 50.0 Å². The second-order valence-corrected chi connectivity index (χ2v) is 8.30. The topological polar surface area (TPSA) is 95.9 Å². The van der Waals surface area contributed by atoms with Gasteiger partial charge < -0.3 is 20.1 Å². The Kier molecular flexibility index (Phi) is 11.4. The van der Waals surface area contributed by atoms with Crippen molar-refractivity contribution in [2.75, 3.05) is 19.8 Å². The number of amides is 2. The zero-order valence-electron chi connectivity index (χ0n) is 19.3. The van der Waals surface area contributed by atoms with Crippen molar-refractivity contribution in [1.29, 1.82) is 0 Å². The lowest BCUT2D eigenvalue weighted by atomic mass is 9.92. The molecule has 2 atom stereocenters. The number of hydrogen-bond acceptors (Lipinski definition) is 5. The van der Waals surface area contributed by atoms with E-state index in [9.17, 15) is 19.5 Å². The number of rotatable bonds is 14. The van der Waals surface area contributed by atoms with Crippen molar-refractivity contribution < 1.29 is 24.2 Å². The first-order chi connectivity index (χ1) is 16.0. The van der Waals surface area contributed by atoms with Crippen LogP contribution in [0.25, 0.3) is 0 Å². The number of nitrogens with one attached hydrogen (secondary N) is 1. The number of benzene rings is 1. The number of esters is 1. The molecule has 2 rings (SSSR count). The maximum Gasteiger partial charge on any atom is 0.305 e. The van der Waals surface area contributed by atoms with E-state index in [0.717, 1.165) is 30.4 Å². The Balaban J connectivity index is 1.83. The van der Waals surface area contributed by atoms with Gasteiger partial charge >= 0.3 is 5.97 Å². The molecule has 7 nitrogen and oxygen atoms in total. The van der Waals surface area contributed by atoms with Gasteiger partial charge in [-0.2, -0.15) is 0 Å². The van der Waals surface area contributed by atoms with E-state index in [2.05, 4.69) is 18.5 Å². The average molecular weight is 457 g/mol. The Morgan fingerprint density at radius 1 is 1.18 bits per heavy atom. The van der Waals surface area contributed by atoms with Crippen LogP contribution in [0.1, 0.15) is 49.7 Å². The van der Waals surface area contributed by atoms with Crippen LogP contribution in [0.2, 0.25) is 0 Å². The first-order valence-corrected chi connectivity index (χ1v) is 11.6. The quantitative estimate of drug-likeness (QED) is 0.255. The molecule has 0 saturated carbocycles. The molecule has 0 bridgehead atoms. The summed E-state index contributed by atoms with van der Waals surface area (Å²) in [7, 11) is 0. The normalized spacial score (nSPS) is 15.8. The smallest absolute Gasteiger partial charge is 0.305 e. The standard InChI is InChI=1S/C26H36N2O5/c1-3-5-6-7-13-25(31)33-15-14-27-26(32)21(10-4-2)17-24(30)28-18-22-12-9-8-11-20(22)16-23(28)19-29/h3-4,8-9,11-12,21,23,29H,1-2,5-7,10,13-19H2,(H,27,32)/t21-,23+/m1/s1. The summed E-state index contributed by atoms with van der Waals surface area (Å²) >= 11 is 0. The molecule has 1 aliphatic heterocycles. The summed E-state index contributed by atoms with van der Waals surface area (Å²) in [5.41, 5.74) is 2.20. The van der Waals surface area contributed by atoms with Gasteiger partial charge in [0.15, 0.2) is 0 Å². The fourth-order valence-corrected chi connectivity index (χ4v) is 3.97. The molecule has 2 N–H and O–H groups in total. The highest BCUT2D eigenvalue weighted by atomic mass is 16.5. The van der Waals surface area contributed by atoms with Crippen LogP contribution in [0.15, 0.2) is 49.6 Å².